The van der Waals surface area contributed by atoms with Gasteiger partial charge in [0.1, 0.15) is 5.76 Å². The number of nitrogens with two attached hydrogens (primary N) is 1. The summed E-state index contributed by atoms with van der Waals surface area (Å²) < 4.78 is 5.39. The summed E-state index contributed by atoms with van der Waals surface area (Å²) in [4.78, 5) is 1.01. The Morgan fingerprint density at radius 2 is 1.85 bits per heavy atom. The number of nitrogens with one attached hydrogen (secondary N) is 1. The molecule has 0 aliphatic heterocycles. The maximum atomic E-state index is 5.72. The van der Waals surface area contributed by atoms with Gasteiger partial charge in [-0.05, 0) is 77.3 Å². The van der Waals surface area contributed by atoms with Crippen molar-refractivity contribution in [1.29, 1.82) is 0 Å². The van der Waals surface area contributed by atoms with Crippen LogP contribution >= 0.6 is 11.9 Å². The number of anilines is 1. The molecule has 0 unspecified atom stereocenters. The van der Waals surface area contributed by atoms with Crippen LogP contribution < -0.4 is 10.5 Å². The minimum Gasteiger partial charge on any atom is -0.497 e. The zero-order chi connectivity index (χ0) is 24.4. The molecule has 1 aliphatic rings. The third-order valence-corrected chi connectivity index (χ3v) is 5.88. The molecule has 176 valence electrons. The number of allylic oxidation sites excluding steroid dienone is 5. The lowest BCUT2D eigenvalue weighted by Gasteiger charge is -2.23. The van der Waals surface area contributed by atoms with Crippen molar-refractivity contribution in [2.45, 2.75) is 57.8 Å². The van der Waals surface area contributed by atoms with E-state index in [4.69, 9.17) is 9.88 Å². The zero-order valence-corrected chi connectivity index (χ0v) is 21.7. The molecular weight excluding hydrogens is 424 g/mol. The van der Waals surface area contributed by atoms with Crippen LogP contribution in [0, 0.1) is 0 Å². The van der Waals surface area contributed by atoms with Crippen molar-refractivity contribution in [3.05, 3.63) is 101 Å². The van der Waals surface area contributed by atoms with Crippen molar-refractivity contribution in [1.82, 2.24) is 0 Å². The van der Waals surface area contributed by atoms with Gasteiger partial charge in [-0.3, -0.25) is 5.14 Å². The first-order chi connectivity index (χ1) is 15.8. The lowest BCUT2D eigenvalue weighted by molar-refractivity contribution is 0.306. The van der Waals surface area contributed by atoms with E-state index in [1.54, 1.807) is 7.11 Å². The van der Waals surface area contributed by atoms with Crippen LogP contribution in [0.4, 0.5) is 5.69 Å². The van der Waals surface area contributed by atoms with Crippen LogP contribution in [-0.4, -0.2) is 7.11 Å². The SMILES string of the molecule is C=C(Nc1cccc(SN)c1)c1ccc(C(C)(C)C)cc1CC1=CCC=C(OC)C=C1.CC. The summed E-state index contributed by atoms with van der Waals surface area (Å²) in [6, 6.07) is 14.8. The van der Waals surface area contributed by atoms with Gasteiger partial charge >= 0.3 is 0 Å². The molecule has 0 saturated heterocycles. The van der Waals surface area contributed by atoms with Gasteiger partial charge in [0.05, 0.1) is 7.11 Å². The number of ether oxygens (including phenoxy) is 1. The number of hydrogen-bond acceptors (Lipinski definition) is 4. The Hall–Kier alpha value is -2.69. The first-order valence-electron chi connectivity index (χ1n) is 11.5. The summed E-state index contributed by atoms with van der Waals surface area (Å²) in [5, 5.41) is 9.19. The smallest absolute Gasteiger partial charge is 0.115 e. The molecule has 0 radical (unpaired) electrons. The maximum absolute atomic E-state index is 5.72. The van der Waals surface area contributed by atoms with E-state index in [9.17, 15) is 0 Å². The first-order valence-corrected chi connectivity index (χ1v) is 12.4. The van der Waals surface area contributed by atoms with Crippen molar-refractivity contribution in [2.24, 2.45) is 5.14 Å². The summed E-state index contributed by atoms with van der Waals surface area (Å²) >= 11 is 1.24. The van der Waals surface area contributed by atoms with E-state index in [0.29, 0.717) is 0 Å². The van der Waals surface area contributed by atoms with E-state index in [1.807, 2.05) is 44.2 Å². The Kier molecular flexibility index (Phi) is 10.1. The zero-order valence-electron chi connectivity index (χ0n) is 20.9. The van der Waals surface area contributed by atoms with E-state index in [0.717, 1.165) is 40.4 Å². The summed E-state index contributed by atoms with van der Waals surface area (Å²) in [7, 11) is 1.71. The van der Waals surface area contributed by atoms with Crippen molar-refractivity contribution in [2.75, 3.05) is 12.4 Å². The highest BCUT2D eigenvalue weighted by Crippen LogP contribution is 2.30. The molecule has 0 atom stereocenters. The van der Waals surface area contributed by atoms with Crippen molar-refractivity contribution in [3.8, 4) is 0 Å². The molecule has 0 aromatic heterocycles. The Labute approximate surface area is 204 Å². The second-order valence-corrected chi connectivity index (χ2v) is 9.41. The number of benzene rings is 2. The molecule has 0 spiro atoms. The van der Waals surface area contributed by atoms with E-state index >= 15 is 0 Å². The van der Waals surface area contributed by atoms with Crippen molar-refractivity contribution in [3.63, 3.8) is 0 Å². The highest BCUT2D eigenvalue weighted by Gasteiger charge is 2.17. The van der Waals surface area contributed by atoms with E-state index in [2.05, 4.69) is 69.1 Å². The summed E-state index contributed by atoms with van der Waals surface area (Å²) in [5.41, 5.74) is 6.90. The number of hydrogen-bond donors (Lipinski definition) is 2. The summed E-state index contributed by atoms with van der Waals surface area (Å²) in [5.74, 6) is 0.902. The van der Waals surface area contributed by atoms with E-state index in [-0.39, 0.29) is 5.41 Å². The molecule has 0 fully saturated rings. The van der Waals surface area contributed by atoms with Crippen LogP contribution in [0.15, 0.2) is 89.6 Å². The van der Waals surface area contributed by atoms with Gasteiger partial charge in [0.15, 0.2) is 0 Å². The average Bonchev–Trinajstić information content (AvgIpc) is 3.05. The Balaban J connectivity index is 0.00000187. The predicted molar refractivity (Wildman–Crippen MR) is 146 cm³/mol. The van der Waals surface area contributed by atoms with Crippen LogP contribution in [0.3, 0.4) is 0 Å². The van der Waals surface area contributed by atoms with Crippen molar-refractivity contribution < 1.29 is 4.74 Å². The van der Waals surface area contributed by atoms with Crippen LogP contribution in [0.1, 0.15) is 57.7 Å². The van der Waals surface area contributed by atoms with Gasteiger partial charge in [-0.15, -0.1) is 0 Å². The standard InChI is InChI=1S/C27H32N2OS.C2H6/c1-19(29-23-9-7-11-25(18-23)31-28)26-15-13-22(27(2,3)4)17-21(26)16-20-8-6-10-24(30-5)14-12-20;1-2/h7-15,17-18,29H,1,6,16,28H2,2-5H3;1-2H3. The fraction of sp³-hybridized carbons (Fsp3) is 0.310. The molecule has 2 aromatic carbocycles. The number of methoxy groups -OCH3 is 1. The predicted octanol–water partition coefficient (Wildman–Crippen LogP) is 8.02. The molecule has 3 rings (SSSR count). The van der Waals surface area contributed by atoms with Crippen LogP contribution in [0.5, 0.6) is 0 Å². The molecule has 0 bridgehead atoms. The highest BCUT2D eigenvalue weighted by molar-refractivity contribution is 7.97. The minimum atomic E-state index is 0.0766. The molecule has 0 amide bonds. The van der Waals surface area contributed by atoms with Crippen LogP contribution in [-0.2, 0) is 16.6 Å². The fourth-order valence-corrected chi connectivity index (χ4v) is 3.90. The molecule has 0 saturated carbocycles. The largest absolute Gasteiger partial charge is 0.497 e. The molecule has 33 heavy (non-hydrogen) atoms. The topological polar surface area (TPSA) is 47.3 Å². The summed E-state index contributed by atoms with van der Waals surface area (Å²) in [6.07, 6.45) is 10.2. The lowest BCUT2D eigenvalue weighted by Crippen LogP contribution is -2.13. The van der Waals surface area contributed by atoms with Gasteiger partial charge in [-0.1, -0.05) is 77.6 Å². The monoisotopic (exact) mass is 462 g/mol. The Morgan fingerprint density at radius 1 is 1.09 bits per heavy atom. The third kappa shape index (κ3) is 7.69. The Bertz CT molecular complexity index is 1040. The van der Waals surface area contributed by atoms with Gasteiger partial charge in [0, 0.05) is 21.8 Å². The van der Waals surface area contributed by atoms with E-state index in [1.165, 1.54) is 28.6 Å². The maximum Gasteiger partial charge on any atom is 0.115 e. The second kappa shape index (κ2) is 12.5. The van der Waals surface area contributed by atoms with Gasteiger partial charge in [0.2, 0.25) is 0 Å². The highest BCUT2D eigenvalue weighted by atomic mass is 32.2. The fourth-order valence-electron chi connectivity index (χ4n) is 3.54. The number of rotatable bonds is 7. The Morgan fingerprint density at radius 3 is 2.52 bits per heavy atom. The van der Waals surface area contributed by atoms with Crippen molar-refractivity contribution >= 4 is 23.3 Å². The first kappa shape index (κ1) is 26.6. The van der Waals surface area contributed by atoms with Gasteiger partial charge in [-0.25, -0.2) is 0 Å². The van der Waals surface area contributed by atoms with Crippen LogP contribution in [0.2, 0.25) is 0 Å². The third-order valence-electron chi connectivity index (χ3n) is 5.35. The molecule has 4 heteroatoms. The normalized spacial score (nSPS) is 13.2. The molecule has 0 heterocycles. The molecule has 1 aliphatic carbocycles. The average molecular weight is 463 g/mol. The molecule has 3 nitrogen and oxygen atoms in total. The van der Waals surface area contributed by atoms with Gasteiger partial charge < -0.3 is 10.1 Å². The lowest BCUT2D eigenvalue weighted by atomic mass is 9.83. The van der Waals surface area contributed by atoms with Gasteiger partial charge in [0.25, 0.3) is 0 Å². The minimum absolute atomic E-state index is 0.0766. The summed E-state index contributed by atoms with van der Waals surface area (Å²) in [6.45, 7) is 15.1. The molecular formula is C29H38N2OS. The van der Waals surface area contributed by atoms with Crippen LogP contribution in [0.25, 0.3) is 5.70 Å². The van der Waals surface area contributed by atoms with E-state index < -0.39 is 0 Å². The molecule has 3 N–H and O–H groups in total. The van der Waals surface area contributed by atoms with Gasteiger partial charge in [-0.2, -0.15) is 0 Å². The molecule has 2 aromatic rings. The second-order valence-electron chi connectivity index (χ2n) is 8.71. The quantitative estimate of drug-likeness (QED) is 0.409.